The minimum atomic E-state index is 0.116. The first-order chi connectivity index (χ1) is 10.2. The molecule has 0 aliphatic carbocycles. The highest BCUT2D eigenvalue weighted by molar-refractivity contribution is 5.92. The molecule has 1 N–H and O–H groups in total. The van der Waals surface area contributed by atoms with Gasteiger partial charge in [0.2, 0.25) is 5.91 Å². The van der Waals surface area contributed by atoms with Crippen molar-refractivity contribution >= 4 is 11.6 Å². The molecule has 0 saturated carbocycles. The molecule has 1 aromatic rings. The molecule has 118 valence electrons. The molecule has 1 aromatic carbocycles. The third-order valence-corrected chi connectivity index (χ3v) is 3.66. The van der Waals surface area contributed by atoms with Gasteiger partial charge >= 0.3 is 0 Å². The SMILES string of the molecule is CCCCOc1ccc(NC(=O)C(CC)CCCC)cc1. The van der Waals surface area contributed by atoms with Crippen molar-refractivity contribution in [2.45, 2.75) is 59.3 Å². The smallest absolute Gasteiger partial charge is 0.227 e. The summed E-state index contributed by atoms with van der Waals surface area (Å²) in [4.78, 5) is 12.2. The summed E-state index contributed by atoms with van der Waals surface area (Å²) in [6, 6.07) is 7.65. The Morgan fingerprint density at radius 3 is 2.33 bits per heavy atom. The molecule has 0 fully saturated rings. The summed E-state index contributed by atoms with van der Waals surface area (Å²) in [6.45, 7) is 7.12. The lowest BCUT2D eigenvalue weighted by Gasteiger charge is -2.15. The van der Waals surface area contributed by atoms with Gasteiger partial charge in [0.05, 0.1) is 6.61 Å². The number of carbonyl (C=O) groups is 1. The van der Waals surface area contributed by atoms with E-state index in [4.69, 9.17) is 4.74 Å². The lowest BCUT2D eigenvalue weighted by Crippen LogP contribution is -2.22. The maximum Gasteiger partial charge on any atom is 0.227 e. The van der Waals surface area contributed by atoms with Crippen molar-refractivity contribution in [3.05, 3.63) is 24.3 Å². The van der Waals surface area contributed by atoms with Crippen LogP contribution < -0.4 is 10.1 Å². The van der Waals surface area contributed by atoms with E-state index in [2.05, 4.69) is 26.1 Å². The van der Waals surface area contributed by atoms with Crippen LogP contribution >= 0.6 is 0 Å². The van der Waals surface area contributed by atoms with Gasteiger partial charge in [-0.15, -0.1) is 0 Å². The van der Waals surface area contributed by atoms with Crippen molar-refractivity contribution in [1.82, 2.24) is 0 Å². The number of hydrogen-bond acceptors (Lipinski definition) is 2. The molecule has 3 nitrogen and oxygen atoms in total. The van der Waals surface area contributed by atoms with Crippen LogP contribution in [0.4, 0.5) is 5.69 Å². The van der Waals surface area contributed by atoms with E-state index in [0.717, 1.165) is 56.6 Å². The average Bonchev–Trinajstić information content (AvgIpc) is 2.50. The predicted octanol–water partition coefficient (Wildman–Crippen LogP) is 5.02. The minimum Gasteiger partial charge on any atom is -0.494 e. The highest BCUT2D eigenvalue weighted by Crippen LogP contribution is 2.19. The molecule has 1 amide bonds. The van der Waals surface area contributed by atoms with Gasteiger partial charge in [-0.05, 0) is 43.5 Å². The summed E-state index contributed by atoms with van der Waals surface area (Å²) in [5.74, 6) is 1.11. The maximum absolute atomic E-state index is 12.2. The Kier molecular flexibility index (Phi) is 8.56. The Morgan fingerprint density at radius 2 is 1.76 bits per heavy atom. The summed E-state index contributed by atoms with van der Waals surface area (Å²) in [5, 5.41) is 3.00. The van der Waals surface area contributed by atoms with Gasteiger partial charge < -0.3 is 10.1 Å². The molecule has 0 aliphatic rings. The van der Waals surface area contributed by atoms with E-state index >= 15 is 0 Å². The molecule has 0 heterocycles. The monoisotopic (exact) mass is 291 g/mol. The first-order valence-electron chi connectivity index (χ1n) is 8.24. The van der Waals surface area contributed by atoms with Crippen molar-refractivity contribution in [2.75, 3.05) is 11.9 Å². The second-order valence-corrected chi connectivity index (χ2v) is 5.46. The number of anilines is 1. The first-order valence-corrected chi connectivity index (χ1v) is 8.24. The molecule has 3 heteroatoms. The average molecular weight is 291 g/mol. The molecular weight excluding hydrogens is 262 g/mol. The predicted molar refractivity (Wildman–Crippen MR) is 88.8 cm³/mol. The van der Waals surface area contributed by atoms with Crippen LogP contribution in [0.3, 0.4) is 0 Å². The normalized spacial score (nSPS) is 12.0. The topological polar surface area (TPSA) is 38.3 Å². The van der Waals surface area contributed by atoms with E-state index < -0.39 is 0 Å². The molecule has 0 aliphatic heterocycles. The summed E-state index contributed by atoms with van der Waals surface area (Å²) in [5.41, 5.74) is 0.845. The van der Waals surface area contributed by atoms with Crippen LogP contribution in [0.2, 0.25) is 0 Å². The van der Waals surface area contributed by atoms with Crippen LogP contribution in [-0.4, -0.2) is 12.5 Å². The minimum absolute atomic E-state index is 0.116. The van der Waals surface area contributed by atoms with E-state index in [1.165, 1.54) is 0 Å². The number of nitrogens with one attached hydrogen (secondary N) is 1. The Morgan fingerprint density at radius 1 is 1.10 bits per heavy atom. The lowest BCUT2D eigenvalue weighted by molar-refractivity contribution is -0.120. The van der Waals surface area contributed by atoms with Gasteiger partial charge in [0, 0.05) is 11.6 Å². The van der Waals surface area contributed by atoms with E-state index in [1.54, 1.807) is 0 Å². The zero-order chi connectivity index (χ0) is 15.5. The van der Waals surface area contributed by atoms with Gasteiger partial charge in [-0.3, -0.25) is 4.79 Å². The van der Waals surface area contributed by atoms with Crippen molar-refractivity contribution < 1.29 is 9.53 Å². The summed E-state index contributed by atoms with van der Waals surface area (Å²) in [6.07, 6.45) is 6.29. The summed E-state index contributed by atoms with van der Waals surface area (Å²) < 4.78 is 5.62. The number of unbranched alkanes of at least 4 members (excludes halogenated alkanes) is 2. The summed E-state index contributed by atoms with van der Waals surface area (Å²) in [7, 11) is 0. The maximum atomic E-state index is 12.2. The highest BCUT2D eigenvalue weighted by Gasteiger charge is 2.15. The van der Waals surface area contributed by atoms with E-state index in [9.17, 15) is 4.79 Å². The zero-order valence-electron chi connectivity index (χ0n) is 13.7. The molecule has 21 heavy (non-hydrogen) atoms. The van der Waals surface area contributed by atoms with Crippen molar-refractivity contribution in [1.29, 1.82) is 0 Å². The first kappa shape index (κ1) is 17.5. The van der Waals surface area contributed by atoms with Gasteiger partial charge in [-0.2, -0.15) is 0 Å². The van der Waals surface area contributed by atoms with Gasteiger partial charge in [0.25, 0.3) is 0 Å². The van der Waals surface area contributed by atoms with E-state index in [1.807, 2.05) is 24.3 Å². The number of amides is 1. The fourth-order valence-electron chi connectivity index (χ4n) is 2.18. The van der Waals surface area contributed by atoms with E-state index in [-0.39, 0.29) is 11.8 Å². The van der Waals surface area contributed by atoms with Crippen LogP contribution in [-0.2, 0) is 4.79 Å². The second-order valence-electron chi connectivity index (χ2n) is 5.46. The largest absolute Gasteiger partial charge is 0.494 e. The third-order valence-electron chi connectivity index (χ3n) is 3.66. The Balaban J connectivity index is 2.48. The quantitative estimate of drug-likeness (QED) is 0.615. The second kappa shape index (κ2) is 10.3. The van der Waals surface area contributed by atoms with Gasteiger partial charge in [-0.1, -0.05) is 40.0 Å². The Labute approximate surface area is 129 Å². The van der Waals surface area contributed by atoms with Crippen molar-refractivity contribution in [3.63, 3.8) is 0 Å². The molecule has 0 bridgehead atoms. The van der Waals surface area contributed by atoms with Crippen LogP contribution in [0.1, 0.15) is 59.3 Å². The molecule has 1 unspecified atom stereocenters. The Bertz CT molecular complexity index is 400. The number of carbonyl (C=O) groups excluding carboxylic acids is 1. The van der Waals surface area contributed by atoms with Crippen molar-refractivity contribution in [2.24, 2.45) is 5.92 Å². The van der Waals surface area contributed by atoms with Crippen LogP contribution in [0.5, 0.6) is 5.75 Å². The van der Waals surface area contributed by atoms with Gasteiger partial charge in [-0.25, -0.2) is 0 Å². The highest BCUT2D eigenvalue weighted by atomic mass is 16.5. The molecule has 0 aromatic heterocycles. The van der Waals surface area contributed by atoms with Gasteiger partial charge in [0.1, 0.15) is 5.75 Å². The molecule has 0 spiro atoms. The van der Waals surface area contributed by atoms with Crippen molar-refractivity contribution in [3.8, 4) is 5.75 Å². The number of ether oxygens (including phenoxy) is 1. The summed E-state index contributed by atoms with van der Waals surface area (Å²) >= 11 is 0. The molecule has 0 radical (unpaired) electrons. The molecule has 1 atom stereocenters. The lowest BCUT2D eigenvalue weighted by atomic mass is 9.98. The fraction of sp³-hybridized carbons (Fsp3) is 0.611. The molecule has 1 rings (SSSR count). The van der Waals surface area contributed by atoms with Crippen LogP contribution in [0, 0.1) is 5.92 Å². The standard InChI is InChI=1S/C18H29NO2/c1-4-7-9-15(6-3)18(20)19-16-10-12-17(13-11-16)21-14-8-5-2/h10-13,15H,4-9,14H2,1-3H3,(H,19,20). The Hall–Kier alpha value is -1.51. The number of benzene rings is 1. The fourth-order valence-corrected chi connectivity index (χ4v) is 2.18. The zero-order valence-corrected chi connectivity index (χ0v) is 13.7. The third kappa shape index (κ3) is 6.65. The van der Waals surface area contributed by atoms with Gasteiger partial charge in [0.15, 0.2) is 0 Å². The van der Waals surface area contributed by atoms with Crippen LogP contribution in [0.15, 0.2) is 24.3 Å². The van der Waals surface area contributed by atoms with E-state index in [0.29, 0.717) is 0 Å². The number of hydrogen-bond donors (Lipinski definition) is 1. The molecular formula is C18H29NO2. The van der Waals surface area contributed by atoms with Crippen LogP contribution in [0.25, 0.3) is 0 Å². The number of rotatable bonds is 10. The molecule has 0 saturated heterocycles.